The molecule has 0 aromatic heterocycles. The van der Waals surface area contributed by atoms with Gasteiger partial charge in [0.1, 0.15) is 18.0 Å². The number of aliphatic carboxylic acids is 1. The third-order valence-electron chi connectivity index (χ3n) is 5.20. The minimum absolute atomic E-state index is 0.00518. The summed E-state index contributed by atoms with van der Waals surface area (Å²) in [7, 11) is 1.46. The number of halogens is 1. The zero-order valence-electron chi connectivity index (χ0n) is 15.1. The first-order valence-electron chi connectivity index (χ1n) is 8.64. The SMILES string of the molecule is COC1=CN(C(CC2(C)CC2)C(=O)O)C(O)C=C1c1cc(Cl)ccc1C#N. The highest BCUT2D eigenvalue weighted by Gasteiger charge is 2.44. The Morgan fingerprint density at radius 2 is 2.22 bits per heavy atom. The lowest BCUT2D eigenvalue weighted by molar-refractivity contribution is -0.146. The number of nitriles is 1. The van der Waals surface area contributed by atoms with E-state index in [1.54, 1.807) is 18.2 Å². The number of hydrogen-bond donors (Lipinski definition) is 2. The summed E-state index contributed by atoms with van der Waals surface area (Å²) in [5, 5.41) is 30.2. The highest BCUT2D eigenvalue weighted by atomic mass is 35.5. The van der Waals surface area contributed by atoms with Gasteiger partial charge in [-0.3, -0.25) is 0 Å². The molecule has 0 radical (unpaired) electrons. The summed E-state index contributed by atoms with van der Waals surface area (Å²) in [6.45, 7) is 2.05. The van der Waals surface area contributed by atoms with Gasteiger partial charge in [-0.1, -0.05) is 18.5 Å². The smallest absolute Gasteiger partial charge is 0.326 e. The third-order valence-corrected chi connectivity index (χ3v) is 5.43. The molecule has 0 saturated heterocycles. The highest BCUT2D eigenvalue weighted by molar-refractivity contribution is 6.30. The van der Waals surface area contributed by atoms with Crippen LogP contribution in [0.25, 0.3) is 5.57 Å². The molecular weight excluding hydrogens is 368 g/mol. The first kappa shape index (κ1) is 19.3. The number of methoxy groups -OCH3 is 1. The summed E-state index contributed by atoms with van der Waals surface area (Å²) in [5.41, 5.74) is 1.41. The number of hydrogen-bond acceptors (Lipinski definition) is 5. The van der Waals surface area contributed by atoms with E-state index in [1.165, 1.54) is 24.3 Å². The normalized spacial score (nSPS) is 21.6. The summed E-state index contributed by atoms with van der Waals surface area (Å²) in [5.74, 6) is -0.627. The van der Waals surface area contributed by atoms with Crippen LogP contribution in [-0.4, -0.2) is 40.5 Å². The lowest BCUT2D eigenvalue weighted by Crippen LogP contribution is -2.46. The van der Waals surface area contributed by atoms with Gasteiger partial charge in [0.05, 0.1) is 18.7 Å². The van der Waals surface area contributed by atoms with Crippen molar-refractivity contribution in [1.29, 1.82) is 5.26 Å². The fraction of sp³-hybridized carbons (Fsp3) is 0.400. The van der Waals surface area contributed by atoms with Crippen LogP contribution in [0.1, 0.15) is 37.3 Å². The van der Waals surface area contributed by atoms with Crippen molar-refractivity contribution in [3.05, 3.63) is 52.4 Å². The first-order valence-corrected chi connectivity index (χ1v) is 9.02. The zero-order valence-corrected chi connectivity index (χ0v) is 15.9. The number of carbonyl (C=O) groups is 1. The van der Waals surface area contributed by atoms with Gasteiger partial charge in [-0.2, -0.15) is 5.26 Å². The Hall–Kier alpha value is -2.49. The van der Waals surface area contributed by atoms with Crippen LogP contribution in [0.3, 0.4) is 0 Å². The Balaban J connectivity index is 1.98. The van der Waals surface area contributed by atoms with Crippen LogP contribution in [0.4, 0.5) is 0 Å². The molecule has 1 aliphatic heterocycles. The number of carboxylic acids is 1. The Labute approximate surface area is 162 Å². The van der Waals surface area contributed by atoms with Gasteiger partial charge in [0.2, 0.25) is 0 Å². The second kappa shape index (κ2) is 7.26. The van der Waals surface area contributed by atoms with E-state index in [1.807, 2.05) is 6.92 Å². The Morgan fingerprint density at radius 3 is 2.78 bits per heavy atom. The molecule has 3 rings (SSSR count). The topological polar surface area (TPSA) is 93.8 Å². The summed E-state index contributed by atoms with van der Waals surface area (Å²) >= 11 is 6.07. The van der Waals surface area contributed by atoms with Gasteiger partial charge in [-0.05, 0) is 49.0 Å². The molecule has 142 valence electrons. The molecule has 0 bridgehead atoms. The molecule has 7 heteroatoms. The second-order valence-electron chi connectivity index (χ2n) is 7.31. The largest absolute Gasteiger partial charge is 0.495 e. The molecule has 27 heavy (non-hydrogen) atoms. The summed E-state index contributed by atoms with van der Waals surface area (Å²) in [6.07, 6.45) is 4.25. The third kappa shape index (κ3) is 3.95. The summed E-state index contributed by atoms with van der Waals surface area (Å²) < 4.78 is 5.45. The monoisotopic (exact) mass is 388 g/mol. The molecule has 1 aliphatic carbocycles. The minimum atomic E-state index is -1.16. The summed E-state index contributed by atoms with van der Waals surface area (Å²) in [6, 6.07) is 6.07. The van der Waals surface area contributed by atoms with Crippen molar-refractivity contribution < 1.29 is 19.7 Å². The van der Waals surface area contributed by atoms with Gasteiger partial charge in [0.25, 0.3) is 0 Å². The molecule has 2 aliphatic rings. The van der Waals surface area contributed by atoms with Crippen LogP contribution >= 0.6 is 11.6 Å². The molecule has 2 N–H and O–H groups in total. The average Bonchev–Trinajstić information content (AvgIpc) is 3.37. The molecule has 6 nitrogen and oxygen atoms in total. The van der Waals surface area contributed by atoms with E-state index in [0.29, 0.717) is 33.9 Å². The predicted molar refractivity (Wildman–Crippen MR) is 100 cm³/mol. The van der Waals surface area contributed by atoms with Crippen molar-refractivity contribution in [3.63, 3.8) is 0 Å². The first-order chi connectivity index (χ1) is 12.8. The predicted octanol–water partition coefficient (Wildman–Crippen LogP) is 3.36. The number of ether oxygens (including phenoxy) is 1. The van der Waals surface area contributed by atoms with E-state index < -0.39 is 18.2 Å². The standard InChI is InChI=1S/C20H21ClN2O4/c1-20(5-6-20)9-16(19(25)26)23-11-17(27-2)15(8-18(23)24)14-7-13(21)4-3-12(14)10-22/h3-4,7-8,11,16,18,24H,5-6,9H2,1-2H3,(H,25,26). The van der Waals surface area contributed by atoms with Crippen molar-refractivity contribution in [1.82, 2.24) is 4.90 Å². The number of nitrogens with zero attached hydrogens (tertiary/aromatic N) is 2. The molecule has 1 aromatic rings. The van der Waals surface area contributed by atoms with E-state index in [4.69, 9.17) is 16.3 Å². The molecule has 1 saturated carbocycles. The number of aliphatic hydroxyl groups excluding tert-OH is 1. The molecular formula is C20H21ClN2O4. The maximum absolute atomic E-state index is 11.8. The van der Waals surface area contributed by atoms with Gasteiger partial charge >= 0.3 is 5.97 Å². The second-order valence-corrected chi connectivity index (χ2v) is 7.75. The van der Waals surface area contributed by atoms with Crippen LogP contribution < -0.4 is 0 Å². The number of carboxylic acid groups (broad SMARTS) is 1. The van der Waals surface area contributed by atoms with Crippen LogP contribution in [0, 0.1) is 16.7 Å². The van der Waals surface area contributed by atoms with Gasteiger partial charge in [0.15, 0.2) is 0 Å². The highest BCUT2D eigenvalue weighted by Crippen LogP contribution is 2.50. The molecule has 2 unspecified atom stereocenters. The Bertz CT molecular complexity index is 867. The van der Waals surface area contributed by atoms with Crippen molar-refractivity contribution in [2.45, 2.75) is 38.5 Å². The Morgan fingerprint density at radius 1 is 1.52 bits per heavy atom. The lowest BCUT2D eigenvalue weighted by Gasteiger charge is -2.36. The maximum atomic E-state index is 11.8. The minimum Gasteiger partial charge on any atom is -0.495 e. The van der Waals surface area contributed by atoms with Crippen molar-refractivity contribution in [2.24, 2.45) is 5.41 Å². The van der Waals surface area contributed by atoms with Crippen LogP contribution in [-0.2, 0) is 9.53 Å². The Kier molecular flexibility index (Phi) is 5.18. The number of rotatable bonds is 6. The van der Waals surface area contributed by atoms with E-state index in [2.05, 4.69) is 6.07 Å². The lowest BCUT2D eigenvalue weighted by atomic mass is 9.94. The van der Waals surface area contributed by atoms with Crippen LogP contribution in [0.2, 0.25) is 5.02 Å². The van der Waals surface area contributed by atoms with Gasteiger partial charge < -0.3 is 19.8 Å². The summed E-state index contributed by atoms with van der Waals surface area (Å²) in [4.78, 5) is 13.2. The van der Waals surface area contributed by atoms with Gasteiger partial charge in [-0.25, -0.2) is 4.79 Å². The molecule has 1 fully saturated rings. The van der Waals surface area contributed by atoms with E-state index in [9.17, 15) is 20.3 Å². The van der Waals surface area contributed by atoms with Gasteiger partial charge in [0, 0.05) is 22.4 Å². The fourth-order valence-electron chi connectivity index (χ4n) is 3.30. The van der Waals surface area contributed by atoms with Crippen LogP contribution in [0.5, 0.6) is 0 Å². The van der Waals surface area contributed by atoms with E-state index in [0.717, 1.165) is 12.8 Å². The molecule has 1 aromatic carbocycles. The average molecular weight is 389 g/mol. The maximum Gasteiger partial charge on any atom is 0.326 e. The van der Waals surface area contributed by atoms with Crippen molar-refractivity contribution in [3.8, 4) is 6.07 Å². The molecule has 1 heterocycles. The molecule has 0 amide bonds. The number of aliphatic hydroxyl groups is 1. The van der Waals surface area contributed by atoms with Crippen LogP contribution in [0.15, 0.2) is 36.2 Å². The van der Waals surface area contributed by atoms with Gasteiger partial charge in [-0.15, -0.1) is 0 Å². The molecule has 2 atom stereocenters. The fourth-order valence-corrected chi connectivity index (χ4v) is 3.47. The van der Waals surface area contributed by atoms with Crippen molar-refractivity contribution >= 4 is 23.1 Å². The quantitative estimate of drug-likeness (QED) is 0.776. The van der Waals surface area contributed by atoms with E-state index >= 15 is 0 Å². The zero-order chi connectivity index (χ0) is 19.8. The van der Waals surface area contributed by atoms with E-state index in [-0.39, 0.29) is 5.41 Å². The van der Waals surface area contributed by atoms with Crippen molar-refractivity contribution in [2.75, 3.05) is 7.11 Å². The number of allylic oxidation sites excluding steroid dienone is 1. The number of benzene rings is 1. The molecule has 0 spiro atoms.